The maximum absolute atomic E-state index is 12.7. The van der Waals surface area contributed by atoms with E-state index in [0.29, 0.717) is 12.3 Å². The van der Waals surface area contributed by atoms with Crippen LogP contribution in [0, 0.1) is 5.92 Å². The number of hydrogen-bond acceptors (Lipinski definition) is 1. The lowest BCUT2D eigenvalue weighted by Gasteiger charge is -2.29. The minimum absolute atomic E-state index is 0.0237. The first-order valence-corrected chi connectivity index (χ1v) is 4.10. The Bertz CT molecular complexity index is 270. The number of carbonyl (C=O) groups is 1. The van der Waals surface area contributed by atoms with Crippen LogP contribution in [0.5, 0.6) is 0 Å². The monoisotopic (exact) mass is 167 g/mol. The van der Waals surface area contributed by atoms with E-state index >= 15 is 0 Å². The summed E-state index contributed by atoms with van der Waals surface area (Å²) in [6.45, 7) is 0. The minimum atomic E-state index is -0.251. The third-order valence-corrected chi connectivity index (χ3v) is 2.34. The van der Waals surface area contributed by atoms with E-state index in [4.69, 9.17) is 0 Å². The molecule has 2 unspecified atom stereocenters. The third kappa shape index (κ3) is 1.26. The molecule has 1 N–H and O–H groups in total. The van der Waals surface area contributed by atoms with Crippen LogP contribution >= 0.6 is 0 Å². The van der Waals surface area contributed by atoms with E-state index in [1.165, 1.54) is 12.2 Å². The number of nitrogens with one attached hydrogen (secondary N) is 1. The highest BCUT2D eigenvalue weighted by Gasteiger charge is 2.27. The molecular weight excluding hydrogens is 157 g/mol. The summed E-state index contributed by atoms with van der Waals surface area (Å²) < 4.78 is 12.7. The Kier molecular flexibility index (Phi) is 1.71. The molecule has 1 fully saturated rings. The zero-order valence-corrected chi connectivity index (χ0v) is 6.59. The molecule has 2 aliphatic rings. The molecule has 0 saturated carbocycles. The Balaban J connectivity index is 2.16. The van der Waals surface area contributed by atoms with Crippen molar-refractivity contribution < 1.29 is 9.18 Å². The number of hydrogen-bond donors (Lipinski definition) is 1. The van der Waals surface area contributed by atoms with Gasteiger partial charge in [-0.2, -0.15) is 0 Å². The average Bonchev–Trinajstić information content (AvgIpc) is 2.03. The summed E-state index contributed by atoms with van der Waals surface area (Å²) >= 11 is 0. The third-order valence-electron chi connectivity index (χ3n) is 2.34. The van der Waals surface area contributed by atoms with Crippen LogP contribution in [0.15, 0.2) is 24.1 Å². The average molecular weight is 167 g/mol. The van der Waals surface area contributed by atoms with Gasteiger partial charge in [-0.3, -0.25) is 4.79 Å². The minimum Gasteiger partial charge on any atom is -0.349 e. The fourth-order valence-corrected chi connectivity index (χ4v) is 1.67. The Morgan fingerprint density at radius 3 is 3.25 bits per heavy atom. The summed E-state index contributed by atoms with van der Waals surface area (Å²) in [5.74, 6) is 0.0660. The molecule has 2 nitrogen and oxygen atoms in total. The smallest absolute Gasteiger partial charge is 0.220 e. The van der Waals surface area contributed by atoms with E-state index in [9.17, 15) is 9.18 Å². The Labute approximate surface area is 70.1 Å². The van der Waals surface area contributed by atoms with Gasteiger partial charge in [0.25, 0.3) is 0 Å². The number of piperidine rings is 1. The zero-order valence-electron chi connectivity index (χ0n) is 6.59. The van der Waals surface area contributed by atoms with E-state index in [1.54, 1.807) is 0 Å². The van der Waals surface area contributed by atoms with Crippen LogP contribution in [0.2, 0.25) is 0 Å². The van der Waals surface area contributed by atoms with Crippen molar-refractivity contribution in [1.29, 1.82) is 0 Å². The molecule has 1 heterocycles. The summed E-state index contributed by atoms with van der Waals surface area (Å²) in [4.78, 5) is 10.9. The van der Waals surface area contributed by atoms with Crippen LogP contribution in [0.25, 0.3) is 0 Å². The fourth-order valence-electron chi connectivity index (χ4n) is 1.67. The Morgan fingerprint density at radius 1 is 1.58 bits per heavy atom. The van der Waals surface area contributed by atoms with Crippen molar-refractivity contribution in [2.24, 2.45) is 5.92 Å². The first kappa shape index (κ1) is 7.53. The maximum Gasteiger partial charge on any atom is 0.220 e. The molecule has 0 radical (unpaired) electrons. The molecule has 0 aromatic heterocycles. The van der Waals surface area contributed by atoms with Crippen molar-refractivity contribution in [1.82, 2.24) is 5.32 Å². The van der Waals surface area contributed by atoms with Crippen molar-refractivity contribution in [2.45, 2.75) is 18.9 Å². The standard InChI is InChI=1S/C9H10FNO/c10-7-3-1-6-2-4-9(12)11-8(6)5-7/h1,3,5-6,8H,2,4H2,(H,11,12). The molecule has 64 valence electrons. The summed E-state index contributed by atoms with van der Waals surface area (Å²) in [5.41, 5.74) is 0. The number of allylic oxidation sites excluding steroid dienone is 2. The number of fused-ring (bicyclic) bond motifs is 1. The fraction of sp³-hybridized carbons (Fsp3) is 0.444. The zero-order chi connectivity index (χ0) is 8.55. The molecule has 3 heteroatoms. The molecule has 2 rings (SSSR count). The molecule has 2 atom stereocenters. The SMILES string of the molecule is O=C1CCC2C=CC(F)=CC2N1. The predicted octanol–water partition coefficient (Wildman–Crippen LogP) is 1.30. The topological polar surface area (TPSA) is 29.1 Å². The van der Waals surface area contributed by atoms with Gasteiger partial charge in [0.2, 0.25) is 5.91 Å². The maximum atomic E-state index is 12.7. The predicted molar refractivity (Wildman–Crippen MR) is 43.0 cm³/mol. The molecule has 1 amide bonds. The molecular formula is C9H10FNO. The summed E-state index contributed by atoms with van der Waals surface area (Å²) in [6.07, 6.45) is 6.16. The second-order valence-electron chi connectivity index (χ2n) is 3.21. The van der Waals surface area contributed by atoms with Gasteiger partial charge in [-0.05, 0) is 18.6 Å². The van der Waals surface area contributed by atoms with Crippen molar-refractivity contribution in [3.63, 3.8) is 0 Å². The molecule has 1 aliphatic carbocycles. The normalized spacial score (nSPS) is 33.8. The van der Waals surface area contributed by atoms with E-state index in [-0.39, 0.29) is 17.8 Å². The largest absolute Gasteiger partial charge is 0.349 e. The first-order chi connectivity index (χ1) is 5.75. The van der Waals surface area contributed by atoms with Gasteiger partial charge >= 0.3 is 0 Å². The summed E-state index contributed by atoms with van der Waals surface area (Å²) in [6, 6.07) is -0.115. The molecule has 1 aliphatic heterocycles. The van der Waals surface area contributed by atoms with E-state index < -0.39 is 0 Å². The quantitative estimate of drug-likeness (QED) is 0.579. The van der Waals surface area contributed by atoms with E-state index in [2.05, 4.69) is 5.32 Å². The molecule has 0 spiro atoms. The van der Waals surface area contributed by atoms with Crippen LogP contribution in [0.1, 0.15) is 12.8 Å². The molecule has 1 saturated heterocycles. The van der Waals surface area contributed by atoms with Crippen LogP contribution in [0.3, 0.4) is 0 Å². The van der Waals surface area contributed by atoms with Gasteiger partial charge in [-0.15, -0.1) is 0 Å². The van der Waals surface area contributed by atoms with Gasteiger partial charge in [0.05, 0.1) is 6.04 Å². The van der Waals surface area contributed by atoms with Crippen molar-refractivity contribution in [3.8, 4) is 0 Å². The highest BCUT2D eigenvalue weighted by molar-refractivity contribution is 5.77. The van der Waals surface area contributed by atoms with Gasteiger partial charge < -0.3 is 5.32 Å². The van der Waals surface area contributed by atoms with Crippen molar-refractivity contribution >= 4 is 5.91 Å². The highest BCUT2D eigenvalue weighted by Crippen LogP contribution is 2.25. The van der Waals surface area contributed by atoms with E-state index in [0.717, 1.165) is 6.42 Å². The first-order valence-electron chi connectivity index (χ1n) is 4.10. The van der Waals surface area contributed by atoms with Crippen LogP contribution in [-0.4, -0.2) is 11.9 Å². The highest BCUT2D eigenvalue weighted by atomic mass is 19.1. The number of rotatable bonds is 0. The number of halogens is 1. The van der Waals surface area contributed by atoms with Crippen molar-refractivity contribution in [3.05, 3.63) is 24.1 Å². The molecule has 0 aromatic carbocycles. The van der Waals surface area contributed by atoms with Crippen LogP contribution in [-0.2, 0) is 4.79 Å². The number of carbonyl (C=O) groups excluding carboxylic acids is 1. The van der Waals surface area contributed by atoms with Gasteiger partial charge in [0.1, 0.15) is 5.83 Å². The Morgan fingerprint density at radius 2 is 2.42 bits per heavy atom. The lowest BCUT2D eigenvalue weighted by molar-refractivity contribution is -0.123. The van der Waals surface area contributed by atoms with Gasteiger partial charge in [-0.1, -0.05) is 6.08 Å². The molecule has 0 bridgehead atoms. The van der Waals surface area contributed by atoms with E-state index in [1.807, 2.05) is 6.08 Å². The number of amides is 1. The van der Waals surface area contributed by atoms with Gasteiger partial charge in [0, 0.05) is 12.3 Å². The summed E-state index contributed by atoms with van der Waals surface area (Å²) in [5, 5.41) is 2.74. The lowest BCUT2D eigenvalue weighted by atomic mass is 9.87. The van der Waals surface area contributed by atoms with Crippen LogP contribution < -0.4 is 5.32 Å². The second-order valence-corrected chi connectivity index (χ2v) is 3.21. The van der Waals surface area contributed by atoms with Crippen LogP contribution in [0.4, 0.5) is 4.39 Å². The molecule has 12 heavy (non-hydrogen) atoms. The summed E-state index contributed by atoms with van der Waals surface area (Å²) in [7, 11) is 0. The van der Waals surface area contributed by atoms with Crippen molar-refractivity contribution in [2.75, 3.05) is 0 Å². The second kappa shape index (κ2) is 2.73. The van der Waals surface area contributed by atoms with Gasteiger partial charge in [0.15, 0.2) is 0 Å². The Hall–Kier alpha value is -1.12. The lowest BCUT2D eigenvalue weighted by Crippen LogP contribution is -2.43. The van der Waals surface area contributed by atoms with Gasteiger partial charge in [-0.25, -0.2) is 4.39 Å². The molecule has 0 aromatic rings.